The Labute approximate surface area is 131 Å². The number of carboxylic acids is 2. The van der Waals surface area contributed by atoms with Crippen molar-refractivity contribution in [3.8, 4) is 0 Å². The van der Waals surface area contributed by atoms with Crippen LogP contribution >= 0.6 is 12.6 Å². The number of carbonyl (C=O) groups is 2. The molecule has 22 heavy (non-hydrogen) atoms. The smallest absolute Gasteiger partial charge is 0.336 e. The van der Waals surface area contributed by atoms with Crippen LogP contribution in [0.4, 0.5) is 0 Å². The Hall–Kier alpha value is -2.61. The molecule has 1 heterocycles. The van der Waals surface area contributed by atoms with E-state index in [1.807, 2.05) is 6.92 Å². The largest absolute Gasteiger partial charge is 0.478 e. The van der Waals surface area contributed by atoms with Crippen LogP contribution in [0, 0.1) is 6.92 Å². The van der Waals surface area contributed by atoms with Crippen LogP contribution in [0.5, 0.6) is 0 Å². The van der Waals surface area contributed by atoms with E-state index >= 15 is 0 Å². The summed E-state index contributed by atoms with van der Waals surface area (Å²) in [4.78, 5) is 23.5. The quantitative estimate of drug-likeness (QED) is 0.445. The molecule has 0 amide bonds. The second kappa shape index (κ2) is 5.64. The summed E-state index contributed by atoms with van der Waals surface area (Å²) in [6.07, 6.45) is 0. The highest BCUT2D eigenvalue weighted by atomic mass is 32.1. The average Bonchev–Trinajstić information content (AvgIpc) is 2.36. The van der Waals surface area contributed by atoms with Gasteiger partial charge in [-0.25, -0.2) is 9.59 Å². The molecule has 1 aliphatic rings. The topological polar surface area (TPSA) is 139 Å². The number of aryl methyl sites for hydroxylation is 1. The van der Waals surface area contributed by atoms with Gasteiger partial charge in [0, 0.05) is 4.90 Å². The summed E-state index contributed by atoms with van der Waals surface area (Å²) < 4.78 is 0. The van der Waals surface area contributed by atoms with Crippen LogP contribution in [-0.2, 0) is 9.59 Å². The van der Waals surface area contributed by atoms with Crippen LogP contribution in [0.15, 0.2) is 45.9 Å². The van der Waals surface area contributed by atoms with E-state index in [-0.39, 0.29) is 22.8 Å². The maximum atomic E-state index is 11.5. The summed E-state index contributed by atoms with van der Waals surface area (Å²) >= 11 is 4.32. The SMILES string of the molecule is Cc1ccc(C2C(C(=O)O)=C(N)NC(N)=C2C(=O)O)c(S)c1. The monoisotopic (exact) mass is 321 g/mol. The third-order valence-electron chi connectivity index (χ3n) is 3.38. The van der Waals surface area contributed by atoms with E-state index in [4.69, 9.17) is 11.5 Å². The van der Waals surface area contributed by atoms with Gasteiger partial charge < -0.3 is 27.0 Å². The molecule has 0 atom stereocenters. The fourth-order valence-electron chi connectivity index (χ4n) is 2.42. The van der Waals surface area contributed by atoms with Gasteiger partial charge in [-0.15, -0.1) is 12.6 Å². The van der Waals surface area contributed by atoms with Crippen molar-refractivity contribution in [3.05, 3.63) is 52.1 Å². The van der Waals surface area contributed by atoms with Gasteiger partial charge in [0.25, 0.3) is 0 Å². The maximum absolute atomic E-state index is 11.5. The van der Waals surface area contributed by atoms with E-state index in [1.54, 1.807) is 18.2 Å². The number of thiol groups is 1. The fraction of sp³-hybridized carbons (Fsp3) is 0.143. The first-order valence-electron chi connectivity index (χ1n) is 6.26. The van der Waals surface area contributed by atoms with Gasteiger partial charge in [-0.05, 0) is 18.6 Å². The number of hydrogen-bond acceptors (Lipinski definition) is 6. The van der Waals surface area contributed by atoms with Gasteiger partial charge in [-0.2, -0.15) is 0 Å². The van der Waals surface area contributed by atoms with Gasteiger partial charge in [-0.1, -0.05) is 17.7 Å². The van der Waals surface area contributed by atoms with Gasteiger partial charge in [0.15, 0.2) is 0 Å². The third-order valence-corrected chi connectivity index (χ3v) is 3.77. The Kier molecular flexibility index (Phi) is 4.05. The number of dihydropyridines is 1. The Morgan fingerprint density at radius 3 is 2.05 bits per heavy atom. The molecule has 7 N–H and O–H groups in total. The first kappa shape index (κ1) is 15.8. The molecular weight excluding hydrogens is 306 g/mol. The van der Waals surface area contributed by atoms with Crippen LogP contribution in [0.1, 0.15) is 17.0 Å². The lowest BCUT2D eigenvalue weighted by molar-refractivity contribution is -0.133. The molecule has 0 aromatic heterocycles. The minimum absolute atomic E-state index is 0.187. The lowest BCUT2D eigenvalue weighted by atomic mass is 9.82. The molecule has 7 nitrogen and oxygen atoms in total. The van der Waals surface area contributed by atoms with E-state index in [0.717, 1.165) is 5.56 Å². The Morgan fingerprint density at radius 1 is 1.14 bits per heavy atom. The molecule has 1 aliphatic heterocycles. The van der Waals surface area contributed by atoms with Gasteiger partial charge in [0.1, 0.15) is 11.6 Å². The second-order valence-corrected chi connectivity index (χ2v) is 5.37. The molecule has 0 radical (unpaired) electrons. The Bertz CT molecular complexity index is 704. The number of rotatable bonds is 3. The first-order chi connectivity index (χ1) is 10.2. The number of nitrogens with two attached hydrogens (primary N) is 2. The van der Waals surface area contributed by atoms with Crippen LogP contribution in [-0.4, -0.2) is 22.2 Å². The highest BCUT2D eigenvalue weighted by molar-refractivity contribution is 7.80. The highest BCUT2D eigenvalue weighted by Crippen LogP contribution is 2.39. The zero-order valence-corrected chi connectivity index (χ0v) is 12.5. The number of aliphatic carboxylic acids is 2. The predicted molar refractivity (Wildman–Crippen MR) is 82.0 cm³/mol. The maximum Gasteiger partial charge on any atom is 0.336 e. The molecule has 0 bridgehead atoms. The average molecular weight is 321 g/mol. The van der Waals surface area contributed by atoms with Gasteiger partial charge in [0.2, 0.25) is 0 Å². The van der Waals surface area contributed by atoms with E-state index < -0.39 is 17.9 Å². The molecule has 0 unspecified atom stereocenters. The van der Waals surface area contributed by atoms with Crippen LogP contribution in [0.3, 0.4) is 0 Å². The number of hydrogen-bond donors (Lipinski definition) is 6. The predicted octanol–water partition coefficient (Wildman–Crippen LogP) is 0.480. The van der Waals surface area contributed by atoms with E-state index in [0.29, 0.717) is 10.5 Å². The van der Waals surface area contributed by atoms with Gasteiger partial charge in [0.05, 0.1) is 17.1 Å². The molecule has 0 aliphatic carbocycles. The number of carboxylic acid groups (broad SMARTS) is 2. The van der Waals surface area contributed by atoms with Crippen molar-refractivity contribution in [2.75, 3.05) is 0 Å². The van der Waals surface area contributed by atoms with Gasteiger partial charge in [-0.3, -0.25) is 0 Å². The van der Waals surface area contributed by atoms with Crippen molar-refractivity contribution in [2.45, 2.75) is 17.7 Å². The van der Waals surface area contributed by atoms with Crippen molar-refractivity contribution in [1.82, 2.24) is 5.32 Å². The van der Waals surface area contributed by atoms with Crippen molar-refractivity contribution in [1.29, 1.82) is 0 Å². The van der Waals surface area contributed by atoms with E-state index in [1.165, 1.54) is 0 Å². The Balaban J connectivity index is 2.75. The van der Waals surface area contributed by atoms with Crippen molar-refractivity contribution >= 4 is 24.6 Å². The molecule has 1 aromatic rings. The molecule has 0 saturated carbocycles. The molecule has 116 valence electrons. The van der Waals surface area contributed by atoms with Crippen molar-refractivity contribution in [3.63, 3.8) is 0 Å². The summed E-state index contributed by atoms with van der Waals surface area (Å²) in [5.41, 5.74) is 12.2. The summed E-state index contributed by atoms with van der Waals surface area (Å²) in [6, 6.07) is 5.08. The highest BCUT2D eigenvalue weighted by Gasteiger charge is 2.38. The lowest BCUT2D eigenvalue weighted by Crippen LogP contribution is -2.38. The van der Waals surface area contributed by atoms with Gasteiger partial charge >= 0.3 is 11.9 Å². The zero-order valence-electron chi connectivity index (χ0n) is 11.6. The van der Waals surface area contributed by atoms with Crippen molar-refractivity contribution in [2.24, 2.45) is 11.5 Å². The molecule has 0 fully saturated rings. The minimum Gasteiger partial charge on any atom is -0.478 e. The van der Waals surface area contributed by atoms with E-state index in [2.05, 4.69) is 17.9 Å². The summed E-state index contributed by atoms with van der Waals surface area (Å²) in [5, 5.41) is 21.2. The number of nitrogens with one attached hydrogen (secondary N) is 1. The van der Waals surface area contributed by atoms with Crippen LogP contribution in [0.2, 0.25) is 0 Å². The van der Waals surface area contributed by atoms with Crippen LogP contribution in [0.25, 0.3) is 0 Å². The summed E-state index contributed by atoms with van der Waals surface area (Å²) in [7, 11) is 0. The molecule has 8 heteroatoms. The van der Waals surface area contributed by atoms with E-state index in [9.17, 15) is 19.8 Å². The summed E-state index contributed by atoms with van der Waals surface area (Å²) in [5.74, 6) is -4.13. The summed E-state index contributed by atoms with van der Waals surface area (Å²) in [6.45, 7) is 1.84. The molecule has 0 saturated heterocycles. The molecule has 2 rings (SSSR count). The van der Waals surface area contributed by atoms with Crippen LogP contribution < -0.4 is 16.8 Å². The normalized spacial score (nSPS) is 15.7. The van der Waals surface area contributed by atoms with Crippen molar-refractivity contribution < 1.29 is 19.8 Å². The third kappa shape index (κ3) is 2.60. The first-order valence-corrected chi connectivity index (χ1v) is 6.71. The molecule has 0 spiro atoms. The second-order valence-electron chi connectivity index (χ2n) is 4.89. The molecule has 1 aromatic carbocycles. The number of benzene rings is 1. The minimum atomic E-state index is -1.32. The molecular formula is C14H15N3O4S. The fourth-order valence-corrected chi connectivity index (χ4v) is 2.83. The lowest BCUT2D eigenvalue weighted by Gasteiger charge is -2.28. The Morgan fingerprint density at radius 2 is 1.64 bits per heavy atom. The standard InChI is InChI=1S/C14H15N3O4S/c1-5-2-3-6(7(22)4-5)8-9(13(18)19)11(15)17-12(16)10(8)14(20)21/h2-4,8,17,22H,15-16H2,1H3,(H,18,19)(H,20,21). The zero-order chi connectivity index (χ0) is 16.6.